The fourth-order valence-corrected chi connectivity index (χ4v) is 5.06. The zero-order valence-electron chi connectivity index (χ0n) is 24.3. The number of aromatic amines is 1. The number of nitriles is 1. The van der Waals surface area contributed by atoms with Gasteiger partial charge in [-0.3, -0.25) is 4.68 Å². The lowest BCUT2D eigenvalue weighted by molar-refractivity contribution is 0.219. The van der Waals surface area contributed by atoms with Crippen LogP contribution in [0.2, 0.25) is 0 Å². The first-order valence-electron chi connectivity index (χ1n) is 14.0. The van der Waals surface area contributed by atoms with E-state index in [1.807, 2.05) is 33.3 Å². The summed E-state index contributed by atoms with van der Waals surface area (Å²) in [4.78, 5) is 11.8. The normalized spacial score (nSPS) is 14.7. The van der Waals surface area contributed by atoms with Gasteiger partial charge in [-0.2, -0.15) is 10.4 Å². The van der Waals surface area contributed by atoms with E-state index in [2.05, 4.69) is 31.4 Å². The number of benzene rings is 2. The number of hydrogen-bond acceptors (Lipinski definition) is 8. The minimum atomic E-state index is -0.914. The van der Waals surface area contributed by atoms with E-state index < -0.39 is 17.4 Å². The molecule has 1 aliphatic rings. The molecular weight excluding hydrogens is 568 g/mol. The summed E-state index contributed by atoms with van der Waals surface area (Å²) in [6.07, 6.45) is 7.61. The topological polar surface area (TPSA) is 122 Å². The van der Waals surface area contributed by atoms with Crippen LogP contribution in [-0.2, 0) is 18.2 Å². The van der Waals surface area contributed by atoms with E-state index >= 15 is 8.78 Å². The molecule has 1 aliphatic heterocycles. The van der Waals surface area contributed by atoms with Gasteiger partial charge in [0.05, 0.1) is 36.4 Å². The molecule has 1 unspecified atom stereocenters. The van der Waals surface area contributed by atoms with Crippen LogP contribution in [0.25, 0.3) is 22.2 Å². The van der Waals surface area contributed by atoms with Gasteiger partial charge in [0, 0.05) is 54.9 Å². The molecule has 3 aromatic heterocycles. The number of hydrogen-bond donors (Lipinski definition) is 2. The largest absolute Gasteiger partial charge is 0.490 e. The Kier molecular flexibility index (Phi) is 7.85. The second kappa shape index (κ2) is 12.0. The Morgan fingerprint density at radius 1 is 1.18 bits per heavy atom. The second-order valence-corrected chi connectivity index (χ2v) is 10.8. The van der Waals surface area contributed by atoms with Gasteiger partial charge in [-0.05, 0) is 49.6 Å². The average Bonchev–Trinajstić information content (AvgIpc) is 3.62. The Hall–Kier alpha value is -5.44. The van der Waals surface area contributed by atoms with Crippen LogP contribution in [0.1, 0.15) is 25.0 Å². The summed E-state index contributed by atoms with van der Waals surface area (Å²) in [6.45, 7) is 4.67. The van der Waals surface area contributed by atoms with Crippen molar-refractivity contribution in [2.45, 2.75) is 26.4 Å². The van der Waals surface area contributed by atoms with Crippen LogP contribution in [-0.4, -0.2) is 45.0 Å². The molecule has 2 aromatic carbocycles. The van der Waals surface area contributed by atoms with Crippen LogP contribution in [0.3, 0.4) is 0 Å². The number of rotatable bonds is 8. The van der Waals surface area contributed by atoms with Crippen molar-refractivity contribution in [3.63, 3.8) is 0 Å². The van der Waals surface area contributed by atoms with Crippen molar-refractivity contribution in [1.29, 1.82) is 5.26 Å². The van der Waals surface area contributed by atoms with E-state index in [1.165, 1.54) is 12.3 Å². The number of aromatic nitrogens is 4. The summed E-state index contributed by atoms with van der Waals surface area (Å²) in [5.41, 5.74) is 3.35. The van der Waals surface area contributed by atoms with Gasteiger partial charge in [0.15, 0.2) is 17.4 Å². The molecule has 0 fully saturated rings. The Morgan fingerprint density at radius 2 is 2.00 bits per heavy atom. The third-order valence-electron chi connectivity index (χ3n) is 7.00. The molecule has 0 saturated carbocycles. The molecule has 4 heterocycles. The number of anilines is 1. The first kappa shape index (κ1) is 28.7. The molecule has 2 N–H and O–H groups in total. The molecule has 5 aromatic rings. The summed E-state index contributed by atoms with van der Waals surface area (Å²) in [5.74, 6) is -1.58. The van der Waals surface area contributed by atoms with Crippen molar-refractivity contribution >= 4 is 22.7 Å². The fraction of sp³-hybridized carbons (Fsp3) is 0.250. The van der Waals surface area contributed by atoms with Crippen molar-refractivity contribution < 1.29 is 23.0 Å². The molecule has 44 heavy (non-hydrogen) atoms. The van der Waals surface area contributed by atoms with Crippen molar-refractivity contribution in [2.24, 2.45) is 18.0 Å². The highest BCUT2D eigenvalue weighted by molar-refractivity contribution is 5.98. The molecule has 6 rings (SSSR count). The van der Waals surface area contributed by atoms with Gasteiger partial charge in [0.25, 0.3) is 6.02 Å². The zero-order chi connectivity index (χ0) is 30.8. The lowest BCUT2D eigenvalue weighted by atomic mass is 10.0. The van der Waals surface area contributed by atoms with Gasteiger partial charge in [0.2, 0.25) is 0 Å². The van der Waals surface area contributed by atoms with Crippen LogP contribution < -0.4 is 14.8 Å². The number of ether oxygens (including phenoxy) is 3. The second-order valence-electron chi connectivity index (χ2n) is 10.8. The molecule has 0 saturated heterocycles. The number of H-pyrrole nitrogens is 1. The van der Waals surface area contributed by atoms with E-state index in [0.29, 0.717) is 46.6 Å². The molecule has 224 valence electrons. The molecule has 1 atom stereocenters. The number of fused-ring (bicyclic) bond motifs is 1. The maximum atomic E-state index is 15.3. The number of amidine groups is 1. The minimum absolute atomic E-state index is 0.102. The van der Waals surface area contributed by atoms with E-state index in [-0.39, 0.29) is 29.5 Å². The van der Waals surface area contributed by atoms with E-state index in [0.717, 1.165) is 24.1 Å². The van der Waals surface area contributed by atoms with Crippen LogP contribution >= 0.6 is 0 Å². The Bertz CT molecular complexity index is 1880. The highest BCUT2D eigenvalue weighted by atomic mass is 19.1. The molecule has 0 aliphatic carbocycles. The van der Waals surface area contributed by atoms with E-state index in [9.17, 15) is 5.26 Å². The van der Waals surface area contributed by atoms with Gasteiger partial charge in [-0.15, -0.1) is 0 Å². The number of halogens is 2. The minimum Gasteiger partial charge on any atom is -0.490 e. The SMILES string of the molecule is CC(C)Oc1ccc(-c2c[nH]c3nccc(Oc4c(F)cc(NC5=NCC(Cc6cnn(C)c6)CO5)cc4F)c23)cc1C#N. The van der Waals surface area contributed by atoms with Crippen LogP contribution in [0.5, 0.6) is 17.2 Å². The van der Waals surface area contributed by atoms with Crippen LogP contribution in [0, 0.1) is 28.9 Å². The quantitative estimate of drug-likeness (QED) is 0.214. The zero-order valence-corrected chi connectivity index (χ0v) is 24.3. The number of aryl methyl sites for hydroxylation is 1. The third kappa shape index (κ3) is 6.03. The summed E-state index contributed by atoms with van der Waals surface area (Å²) in [5, 5.41) is 17.2. The standard InChI is InChI=1S/C32H29F2N7O3/c1-18(2)43-27-5-4-21(9-22(27)12-35)24-15-37-31-29(24)28(6-7-36-31)44-30-25(33)10-23(11-26(30)34)40-32-38-13-20(17-42-32)8-19-14-39-41(3)16-19/h4-7,9-11,14-16,18,20H,8,13,17H2,1-3H3,(H,36,37)(H,38,40). The Balaban J connectivity index is 1.22. The first-order valence-corrected chi connectivity index (χ1v) is 14.0. The number of nitrogens with zero attached hydrogens (tertiary/aromatic N) is 5. The molecular formula is C32H29F2N7O3. The highest BCUT2D eigenvalue weighted by Gasteiger charge is 2.22. The van der Waals surface area contributed by atoms with E-state index in [1.54, 1.807) is 29.1 Å². The summed E-state index contributed by atoms with van der Waals surface area (Å²) in [7, 11) is 1.86. The monoisotopic (exact) mass is 597 g/mol. The molecule has 0 bridgehead atoms. The average molecular weight is 598 g/mol. The van der Waals surface area contributed by atoms with Gasteiger partial charge in [-0.25, -0.2) is 18.8 Å². The van der Waals surface area contributed by atoms with Crippen molar-refractivity contribution in [2.75, 3.05) is 18.5 Å². The predicted molar refractivity (Wildman–Crippen MR) is 161 cm³/mol. The maximum absolute atomic E-state index is 15.3. The van der Waals surface area contributed by atoms with Crippen molar-refractivity contribution in [3.05, 3.63) is 83.9 Å². The third-order valence-corrected chi connectivity index (χ3v) is 7.00. The van der Waals surface area contributed by atoms with E-state index in [4.69, 9.17) is 14.2 Å². The maximum Gasteiger partial charge on any atom is 0.289 e. The Morgan fingerprint density at radius 3 is 2.68 bits per heavy atom. The lowest BCUT2D eigenvalue weighted by Gasteiger charge is -2.22. The van der Waals surface area contributed by atoms with Gasteiger partial charge in [-0.1, -0.05) is 6.07 Å². The molecule has 10 nitrogen and oxygen atoms in total. The predicted octanol–water partition coefficient (Wildman–Crippen LogP) is 6.35. The van der Waals surface area contributed by atoms with Gasteiger partial charge in [0.1, 0.15) is 23.2 Å². The number of nitrogens with one attached hydrogen (secondary N) is 2. The smallest absolute Gasteiger partial charge is 0.289 e. The van der Waals surface area contributed by atoms with Gasteiger partial charge >= 0.3 is 0 Å². The first-order chi connectivity index (χ1) is 21.3. The summed E-state index contributed by atoms with van der Waals surface area (Å²) >= 11 is 0. The summed E-state index contributed by atoms with van der Waals surface area (Å²) in [6, 6.07) is 11.3. The number of pyridine rings is 1. The summed E-state index contributed by atoms with van der Waals surface area (Å²) < 4.78 is 49.6. The molecule has 0 amide bonds. The van der Waals surface area contributed by atoms with Crippen molar-refractivity contribution in [3.8, 4) is 34.4 Å². The van der Waals surface area contributed by atoms with Crippen LogP contribution in [0.4, 0.5) is 14.5 Å². The van der Waals surface area contributed by atoms with Crippen molar-refractivity contribution in [1.82, 2.24) is 19.7 Å². The fourth-order valence-electron chi connectivity index (χ4n) is 5.06. The van der Waals surface area contributed by atoms with Crippen LogP contribution in [0.15, 0.2) is 66.2 Å². The number of aliphatic imine (C=N–C) groups is 1. The molecule has 0 spiro atoms. The lowest BCUT2D eigenvalue weighted by Crippen LogP contribution is -2.29. The Labute approximate surface area is 251 Å². The van der Waals surface area contributed by atoms with Gasteiger partial charge < -0.3 is 24.5 Å². The molecule has 12 heteroatoms. The highest BCUT2D eigenvalue weighted by Crippen LogP contribution is 2.39. The molecule has 0 radical (unpaired) electrons.